The Morgan fingerprint density at radius 3 is 2.86 bits per heavy atom. The fourth-order valence-corrected chi connectivity index (χ4v) is 2.98. The number of aryl methyl sites for hydroxylation is 1. The van der Waals surface area contributed by atoms with Crippen LogP contribution in [0.2, 0.25) is 0 Å². The van der Waals surface area contributed by atoms with E-state index in [1.807, 2.05) is 11.0 Å². The van der Waals surface area contributed by atoms with Crippen molar-refractivity contribution in [3.8, 4) is 0 Å². The van der Waals surface area contributed by atoms with Gasteiger partial charge in [0.25, 0.3) is 5.91 Å². The number of hydrogen-bond acceptors (Lipinski definition) is 3. The molecule has 0 aliphatic carbocycles. The molecule has 3 rings (SSSR count). The quantitative estimate of drug-likeness (QED) is 0.858. The van der Waals surface area contributed by atoms with E-state index < -0.39 is 0 Å². The van der Waals surface area contributed by atoms with Crippen LogP contribution in [0.3, 0.4) is 0 Å². The fourth-order valence-electron chi connectivity index (χ4n) is 2.98. The van der Waals surface area contributed by atoms with Crippen LogP contribution in [0.1, 0.15) is 24.8 Å². The molecule has 0 spiro atoms. The minimum Gasteiger partial charge on any atom is -0.501 e. The van der Waals surface area contributed by atoms with E-state index in [0.717, 1.165) is 37.9 Å². The third-order valence-corrected chi connectivity index (χ3v) is 4.23. The van der Waals surface area contributed by atoms with Gasteiger partial charge in [-0.25, -0.2) is 0 Å². The van der Waals surface area contributed by atoms with Gasteiger partial charge in [0.1, 0.15) is 0 Å². The number of carbonyl (C=O) groups is 1. The van der Waals surface area contributed by atoms with E-state index in [4.69, 9.17) is 9.47 Å². The Kier molecular flexibility index (Phi) is 5.11. The van der Waals surface area contributed by atoms with Crippen LogP contribution in [0.5, 0.6) is 0 Å². The molecule has 2 heterocycles. The van der Waals surface area contributed by atoms with Gasteiger partial charge in [-0.2, -0.15) is 0 Å². The van der Waals surface area contributed by atoms with E-state index >= 15 is 0 Å². The summed E-state index contributed by atoms with van der Waals surface area (Å²) in [4.78, 5) is 14.4. The van der Waals surface area contributed by atoms with E-state index in [2.05, 4.69) is 24.3 Å². The molecule has 1 amide bonds. The number of nitrogens with zero attached hydrogens (tertiary/aromatic N) is 1. The van der Waals surface area contributed by atoms with Gasteiger partial charge in [-0.15, -0.1) is 0 Å². The number of hydrogen-bond donors (Lipinski definition) is 0. The van der Waals surface area contributed by atoms with Crippen LogP contribution in [-0.4, -0.2) is 43.2 Å². The first-order chi connectivity index (χ1) is 10.8. The summed E-state index contributed by atoms with van der Waals surface area (Å²) >= 11 is 0. The third-order valence-electron chi connectivity index (χ3n) is 4.23. The van der Waals surface area contributed by atoms with Gasteiger partial charge in [0.05, 0.1) is 31.2 Å². The number of benzene rings is 1. The standard InChI is InChI=1S/C18H23NO3/c20-18(16-7-4-11-21-14-16)19-10-12-22-17(13-19)9-8-15-5-2-1-3-6-15/h1-3,5-6,14,17H,4,7-13H2. The smallest absolute Gasteiger partial charge is 0.253 e. The maximum Gasteiger partial charge on any atom is 0.253 e. The number of carbonyl (C=O) groups excluding carboxylic acids is 1. The molecule has 4 heteroatoms. The third kappa shape index (κ3) is 3.89. The molecule has 1 aromatic carbocycles. The molecule has 1 atom stereocenters. The summed E-state index contributed by atoms with van der Waals surface area (Å²) in [5.74, 6) is 0.118. The second-order valence-corrected chi connectivity index (χ2v) is 5.89. The summed E-state index contributed by atoms with van der Waals surface area (Å²) in [6, 6.07) is 10.4. The first-order valence-electron chi connectivity index (χ1n) is 8.08. The van der Waals surface area contributed by atoms with Gasteiger partial charge < -0.3 is 14.4 Å². The van der Waals surface area contributed by atoms with Crippen molar-refractivity contribution in [3.05, 3.63) is 47.7 Å². The number of ether oxygens (including phenoxy) is 2. The number of amides is 1. The molecule has 4 nitrogen and oxygen atoms in total. The maximum atomic E-state index is 12.5. The Bertz CT molecular complexity index is 526. The van der Waals surface area contributed by atoms with Crippen molar-refractivity contribution < 1.29 is 14.3 Å². The van der Waals surface area contributed by atoms with E-state index in [0.29, 0.717) is 19.7 Å². The zero-order valence-electron chi connectivity index (χ0n) is 12.9. The molecule has 0 saturated carbocycles. The fraction of sp³-hybridized carbons (Fsp3) is 0.500. The SMILES string of the molecule is O=C(C1=COCCC1)N1CCOC(CCc2ccccc2)C1. The molecule has 22 heavy (non-hydrogen) atoms. The van der Waals surface area contributed by atoms with Crippen LogP contribution in [0.4, 0.5) is 0 Å². The molecule has 118 valence electrons. The Morgan fingerprint density at radius 1 is 1.23 bits per heavy atom. The summed E-state index contributed by atoms with van der Waals surface area (Å²) in [6.45, 7) is 2.71. The predicted octanol–water partition coefficient (Wildman–Crippen LogP) is 2.54. The molecule has 2 aliphatic heterocycles. The van der Waals surface area contributed by atoms with Gasteiger partial charge in [0.2, 0.25) is 0 Å². The van der Waals surface area contributed by atoms with Crippen molar-refractivity contribution in [2.45, 2.75) is 31.8 Å². The highest BCUT2D eigenvalue weighted by Gasteiger charge is 2.26. The van der Waals surface area contributed by atoms with Crippen LogP contribution in [0.25, 0.3) is 0 Å². The molecule has 2 aliphatic rings. The zero-order chi connectivity index (χ0) is 15.2. The second kappa shape index (κ2) is 7.45. The van der Waals surface area contributed by atoms with Crippen molar-refractivity contribution in [1.82, 2.24) is 4.90 Å². The molecule has 0 N–H and O–H groups in total. The number of morpholine rings is 1. The number of rotatable bonds is 4. The highest BCUT2D eigenvalue weighted by Crippen LogP contribution is 2.18. The van der Waals surface area contributed by atoms with Gasteiger partial charge in [-0.3, -0.25) is 4.79 Å². The topological polar surface area (TPSA) is 38.8 Å². The Morgan fingerprint density at radius 2 is 2.09 bits per heavy atom. The highest BCUT2D eigenvalue weighted by molar-refractivity contribution is 5.93. The van der Waals surface area contributed by atoms with Gasteiger partial charge in [0, 0.05) is 13.1 Å². The van der Waals surface area contributed by atoms with Crippen molar-refractivity contribution in [1.29, 1.82) is 0 Å². The molecular formula is C18H23NO3. The van der Waals surface area contributed by atoms with E-state index in [1.165, 1.54) is 5.56 Å². The molecular weight excluding hydrogens is 278 g/mol. The zero-order valence-corrected chi connectivity index (χ0v) is 12.9. The van der Waals surface area contributed by atoms with Crippen LogP contribution in [0.15, 0.2) is 42.2 Å². The summed E-state index contributed by atoms with van der Waals surface area (Å²) in [5, 5.41) is 0. The minimum atomic E-state index is 0.118. The Labute approximate surface area is 131 Å². The first kappa shape index (κ1) is 15.1. The van der Waals surface area contributed by atoms with Crippen LogP contribution >= 0.6 is 0 Å². The lowest BCUT2D eigenvalue weighted by molar-refractivity contribution is -0.135. The summed E-state index contributed by atoms with van der Waals surface area (Å²) in [5.41, 5.74) is 2.12. The Hall–Kier alpha value is -1.81. The Balaban J connectivity index is 1.52. The van der Waals surface area contributed by atoms with Crippen molar-refractivity contribution in [3.63, 3.8) is 0 Å². The van der Waals surface area contributed by atoms with Crippen molar-refractivity contribution >= 4 is 5.91 Å². The molecule has 0 radical (unpaired) electrons. The van der Waals surface area contributed by atoms with Crippen molar-refractivity contribution in [2.24, 2.45) is 0 Å². The molecule has 1 fully saturated rings. The van der Waals surface area contributed by atoms with E-state index in [9.17, 15) is 4.79 Å². The van der Waals surface area contributed by atoms with Crippen LogP contribution in [-0.2, 0) is 20.7 Å². The largest absolute Gasteiger partial charge is 0.501 e. The minimum absolute atomic E-state index is 0.118. The van der Waals surface area contributed by atoms with Gasteiger partial charge in [0.15, 0.2) is 0 Å². The van der Waals surface area contributed by atoms with Crippen LogP contribution < -0.4 is 0 Å². The lowest BCUT2D eigenvalue weighted by atomic mass is 10.0. The van der Waals surface area contributed by atoms with E-state index in [-0.39, 0.29) is 12.0 Å². The molecule has 1 aromatic rings. The van der Waals surface area contributed by atoms with Gasteiger partial charge in [-0.05, 0) is 31.2 Å². The average molecular weight is 301 g/mol. The van der Waals surface area contributed by atoms with Gasteiger partial charge in [-0.1, -0.05) is 30.3 Å². The summed E-state index contributed by atoms with van der Waals surface area (Å²) in [7, 11) is 0. The monoisotopic (exact) mass is 301 g/mol. The lowest BCUT2D eigenvalue weighted by Crippen LogP contribution is -2.46. The highest BCUT2D eigenvalue weighted by atomic mass is 16.5. The summed E-state index contributed by atoms with van der Waals surface area (Å²) in [6.07, 6.45) is 5.45. The molecule has 1 unspecified atom stereocenters. The average Bonchev–Trinajstić information content (AvgIpc) is 2.61. The lowest BCUT2D eigenvalue weighted by Gasteiger charge is -2.34. The maximum absolute atomic E-state index is 12.5. The molecule has 0 aromatic heterocycles. The molecule has 1 saturated heterocycles. The van der Waals surface area contributed by atoms with Crippen LogP contribution in [0, 0.1) is 0 Å². The molecule has 0 bridgehead atoms. The van der Waals surface area contributed by atoms with Crippen molar-refractivity contribution in [2.75, 3.05) is 26.3 Å². The predicted molar refractivity (Wildman–Crippen MR) is 84.4 cm³/mol. The summed E-state index contributed by atoms with van der Waals surface area (Å²) < 4.78 is 11.1. The normalized spacial score (nSPS) is 21.9. The van der Waals surface area contributed by atoms with E-state index in [1.54, 1.807) is 6.26 Å². The van der Waals surface area contributed by atoms with Gasteiger partial charge >= 0.3 is 0 Å². The first-order valence-corrected chi connectivity index (χ1v) is 8.08. The second-order valence-electron chi connectivity index (χ2n) is 5.89.